The molecule has 1 unspecified atom stereocenters. The fourth-order valence-corrected chi connectivity index (χ4v) is 1.51. The van der Waals surface area contributed by atoms with Gasteiger partial charge in [0.1, 0.15) is 6.04 Å². The monoisotopic (exact) mass is 189 g/mol. The first-order valence-corrected chi connectivity index (χ1v) is 4.56. The standard InChI is InChI=1S/C11H11NO2/c1-8(13)12-7-10(12)11(14)9-5-3-2-4-6-9/h2-6,10H,7H2,1H3. The van der Waals surface area contributed by atoms with Crippen LogP contribution in [0, 0.1) is 0 Å². The first-order chi connectivity index (χ1) is 6.70. The van der Waals surface area contributed by atoms with Crippen LogP contribution in [0.3, 0.4) is 0 Å². The minimum absolute atomic E-state index is 0.0284. The largest absolute Gasteiger partial charge is 0.328 e. The Labute approximate surface area is 82.3 Å². The van der Waals surface area contributed by atoms with Crippen LogP contribution in [0.15, 0.2) is 30.3 Å². The molecule has 0 spiro atoms. The Hall–Kier alpha value is -1.64. The molecule has 0 aromatic heterocycles. The zero-order valence-electron chi connectivity index (χ0n) is 7.93. The molecule has 1 saturated heterocycles. The summed E-state index contributed by atoms with van der Waals surface area (Å²) in [5, 5.41) is 0. The summed E-state index contributed by atoms with van der Waals surface area (Å²) in [6, 6.07) is 8.86. The van der Waals surface area contributed by atoms with E-state index in [1.54, 1.807) is 17.0 Å². The summed E-state index contributed by atoms with van der Waals surface area (Å²) in [5.74, 6) is 0.0140. The van der Waals surface area contributed by atoms with E-state index < -0.39 is 0 Å². The molecule has 1 atom stereocenters. The Bertz CT molecular complexity index is 372. The maximum Gasteiger partial charge on any atom is 0.220 e. The molecule has 14 heavy (non-hydrogen) atoms. The molecular weight excluding hydrogens is 178 g/mol. The predicted octanol–water partition coefficient (Wildman–Crippen LogP) is 1.10. The molecule has 1 aliphatic heterocycles. The smallest absolute Gasteiger partial charge is 0.220 e. The van der Waals surface area contributed by atoms with Gasteiger partial charge in [-0.25, -0.2) is 0 Å². The van der Waals surface area contributed by atoms with Crippen molar-refractivity contribution in [2.75, 3.05) is 6.54 Å². The minimum Gasteiger partial charge on any atom is -0.328 e. The molecule has 0 radical (unpaired) electrons. The fourth-order valence-electron chi connectivity index (χ4n) is 1.51. The molecule has 0 bridgehead atoms. The molecule has 0 saturated carbocycles. The summed E-state index contributed by atoms with van der Waals surface area (Å²) in [6.45, 7) is 2.06. The first-order valence-electron chi connectivity index (χ1n) is 4.56. The van der Waals surface area contributed by atoms with E-state index in [0.29, 0.717) is 12.1 Å². The highest BCUT2D eigenvalue weighted by Gasteiger charge is 2.42. The molecule has 0 N–H and O–H groups in total. The number of hydrogen-bond donors (Lipinski definition) is 0. The number of carbonyl (C=O) groups is 2. The quantitative estimate of drug-likeness (QED) is 0.516. The van der Waals surface area contributed by atoms with Crippen molar-refractivity contribution < 1.29 is 9.59 Å². The number of hydrogen-bond acceptors (Lipinski definition) is 2. The van der Waals surface area contributed by atoms with Crippen molar-refractivity contribution in [3.8, 4) is 0 Å². The summed E-state index contributed by atoms with van der Waals surface area (Å²) in [7, 11) is 0. The van der Waals surface area contributed by atoms with Crippen LogP contribution in [0.5, 0.6) is 0 Å². The third kappa shape index (κ3) is 1.53. The Morgan fingerprint density at radius 3 is 2.43 bits per heavy atom. The van der Waals surface area contributed by atoms with Crippen LogP contribution < -0.4 is 0 Å². The number of carbonyl (C=O) groups excluding carboxylic acids is 2. The Balaban J connectivity index is 2.09. The van der Waals surface area contributed by atoms with Crippen molar-refractivity contribution in [3.63, 3.8) is 0 Å². The van der Waals surface area contributed by atoms with Crippen LogP contribution in [0.4, 0.5) is 0 Å². The van der Waals surface area contributed by atoms with E-state index in [9.17, 15) is 9.59 Å². The molecule has 1 amide bonds. The van der Waals surface area contributed by atoms with Gasteiger partial charge < -0.3 is 4.90 Å². The van der Waals surface area contributed by atoms with E-state index in [-0.39, 0.29) is 17.7 Å². The van der Waals surface area contributed by atoms with E-state index in [4.69, 9.17) is 0 Å². The van der Waals surface area contributed by atoms with Crippen LogP contribution >= 0.6 is 0 Å². The predicted molar refractivity (Wildman–Crippen MR) is 51.9 cm³/mol. The van der Waals surface area contributed by atoms with Crippen molar-refractivity contribution in [1.29, 1.82) is 0 Å². The molecule has 1 heterocycles. The number of amides is 1. The second kappa shape index (κ2) is 3.25. The van der Waals surface area contributed by atoms with Gasteiger partial charge in [-0.2, -0.15) is 0 Å². The van der Waals surface area contributed by atoms with Gasteiger partial charge in [-0.1, -0.05) is 30.3 Å². The van der Waals surface area contributed by atoms with Crippen molar-refractivity contribution in [2.45, 2.75) is 13.0 Å². The normalized spacial score (nSPS) is 19.2. The fraction of sp³-hybridized carbons (Fsp3) is 0.273. The minimum atomic E-state index is -0.213. The van der Waals surface area contributed by atoms with E-state index in [1.165, 1.54) is 6.92 Å². The van der Waals surface area contributed by atoms with Crippen LogP contribution in [0.25, 0.3) is 0 Å². The lowest BCUT2D eigenvalue weighted by atomic mass is 10.1. The molecule has 2 rings (SSSR count). The third-order valence-electron chi connectivity index (χ3n) is 2.38. The average Bonchev–Trinajstić information content (AvgIpc) is 2.97. The van der Waals surface area contributed by atoms with Gasteiger partial charge in [0.15, 0.2) is 5.78 Å². The number of nitrogens with zero attached hydrogens (tertiary/aromatic N) is 1. The lowest BCUT2D eigenvalue weighted by Gasteiger charge is -1.99. The van der Waals surface area contributed by atoms with Crippen molar-refractivity contribution in [2.24, 2.45) is 0 Å². The topological polar surface area (TPSA) is 37.1 Å². The molecule has 72 valence electrons. The second-order valence-electron chi connectivity index (χ2n) is 3.42. The van der Waals surface area contributed by atoms with Gasteiger partial charge in [-0.3, -0.25) is 9.59 Å². The van der Waals surface area contributed by atoms with Crippen LogP contribution in [0.1, 0.15) is 17.3 Å². The molecule has 3 nitrogen and oxygen atoms in total. The first kappa shape index (κ1) is 8.94. The number of benzene rings is 1. The summed E-state index contributed by atoms with van der Waals surface area (Å²) < 4.78 is 0. The van der Waals surface area contributed by atoms with Gasteiger partial charge in [0.05, 0.1) is 0 Å². The van der Waals surface area contributed by atoms with E-state index >= 15 is 0 Å². The third-order valence-corrected chi connectivity index (χ3v) is 2.38. The lowest BCUT2D eigenvalue weighted by Crippen LogP contribution is -2.16. The summed E-state index contributed by atoms with van der Waals surface area (Å²) in [6.07, 6.45) is 0. The summed E-state index contributed by atoms with van der Waals surface area (Å²) in [4.78, 5) is 24.2. The van der Waals surface area contributed by atoms with Gasteiger partial charge in [0.25, 0.3) is 0 Å². The van der Waals surface area contributed by atoms with Crippen molar-refractivity contribution >= 4 is 11.7 Å². The average molecular weight is 189 g/mol. The highest BCUT2D eigenvalue weighted by molar-refractivity contribution is 6.04. The van der Waals surface area contributed by atoms with Gasteiger partial charge in [0.2, 0.25) is 5.91 Å². The zero-order chi connectivity index (χ0) is 10.1. The van der Waals surface area contributed by atoms with Crippen LogP contribution in [-0.4, -0.2) is 29.2 Å². The molecular formula is C11H11NO2. The Kier molecular flexibility index (Phi) is 2.08. The Morgan fingerprint density at radius 2 is 1.93 bits per heavy atom. The maximum atomic E-state index is 11.7. The van der Waals surface area contributed by atoms with E-state index in [2.05, 4.69) is 0 Å². The molecule has 1 aromatic rings. The Morgan fingerprint density at radius 1 is 1.29 bits per heavy atom. The highest BCUT2D eigenvalue weighted by atomic mass is 16.2. The SMILES string of the molecule is CC(=O)N1CC1C(=O)c1ccccc1. The van der Waals surface area contributed by atoms with Gasteiger partial charge >= 0.3 is 0 Å². The van der Waals surface area contributed by atoms with Gasteiger partial charge in [-0.05, 0) is 0 Å². The molecule has 1 aliphatic rings. The molecule has 0 aliphatic carbocycles. The zero-order valence-corrected chi connectivity index (χ0v) is 7.93. The van der Waals surface area contributed by atoms with Crippen molar-refractivity contribution in [3.05, 3.63) is 35.9 Å². The highest BCUT2D eigenvalue weighted by Crippen LogP contribution is 2.21. The van der Waals surface area contributed by atoms with E-state index in [0.717, 1.165) is 0 Å². The lowest BCUT2D eigenvalue weighted by molar-refractivity contribution is -0.123. The molecule has 1 aromatic carbocycles. The van der Waals surface area contributed by atoms with Crippen LogP contribution in [0.2, 0.25) is 0 Å². The van der Waals surface area contributed by atoms with Crippen molar-refractivity contribution in [1.82, 2.24) is 4.90 Å². The summed E-state index contributed by atoms with van der Waals surface area (Å²) in [5.41, 5.74) is 0.682. The second-order valence-corrected chi connectivity index (χ2v) is 3.42. The molecule has 1 fully saturated rings. The van der Waals surface area contributed by atoms with Gasteiger partial charge in [0, 0.05) is 19.0 Å². The van der Waals surface area contributed by atoms with Gasteiger partial charge in [-0.15, -0.1) is 0 Å². The maximum absolute atomic E-state index is 11.7. The van der Waals surface area contributed by atoms with E-state index in [1.807, 2.05) is 18.2 Å². The summed E-state index contributed by atoms with van der Waals surface area (Å²) >= 11 is 0. The number of rotatable bonds is 2. The van der Waals surface area contributed by atoms with Crippen LogP contribution in [-0.2, 0) is 4.79 Å². The molecule has 3 heteroatoms. The number of Topliss-reactive ketones (excluding diaryl/α,β-unsaturated/α-hetero) is 1. The number of ketones is 1.